The largest absolute Gasteiger partial charge is 0.457 e. The highest BCUT2D eigenvalue weighted by Gasteiger charge is 2.31. The third-order valence-electron chi connectivity index (χ3n) is 4.26. The van der Waals surface area contributed by atoms with E-state index in [1.54, 1.807) is 30.3 Å². The van der Waals surface area contributed by atoms with E-state index in [9.17, 15) is 18.0 Å². The topological polar surface area (TPSA) is 54.6 Å². The number of amides is 1. The van der Waals surface area contributed by atoms with Crippen LogP contribution in [-0.4, -0.2) is 11.1 Å². The summed E-state index contributed by atoms with van der Waals surface area (Å²) in [5, 5.41) is 3.42. The second-order valence-electron chi connectivity index (χ2n) is 6.44. The van der Waals surface area contributed by atoms with Crippen LogP contribution in [0.25, 0.3) is 17.4 Å². The summed E-state index contributed by atoms with van der Waals surface area (Å²) in [7, 11) is 0. The number of carbonyl (C=O) groups is 1. The van der Waals surface area contributed by atoms with Gasteiger partial charge in [-0.1, -0.05) is 40.9 Å². The van der Waals surface area contributed by atoms with Crippen LogP contribution in [0.2, 0.25) is 15.1 Å². The molecule has 1 N–H and O–H groups in total. The molecule has 3 aromatic rings. The van der Waals surface area contributed by atoms with Gasteiger partial charge in [-0.2, -0.15) is 13.2 Å². The highest BCUT2D eigenvalue weighted by Crippen LogP contribution is 2.38. The van der Waals surface area contributed by atoms with E-state index in [0.717, 1.165) is 30.0 Å². The highest BCUT2D eigenvalue weighted by molar-refractivity contribution is 8.18. The molecule has 11 heteroatoms. The molecule has 1 aliphatic heterocycles. The van der Waals surface area contributed by atoms with Crippen molar-refractivity contribution in [2.45, 2.75) is 6.18 Å². The third kappa shape index (κ3) is 4.83. The summed E-state index contributed by atoms with van der Waals surface area (Å²) >= 11 is 19.3. The van der Waals surface area contributed by atoms with Gasteiger partial charge < -0.3 is 9.73 Å². The summed E-state index contributed by atoms with van der Waals surface area (Å²) in [5.74, 6) is 0.290. The zero-order valence-electron chi connectivity index (χ0n) is 15.6. The number of rotatable bonds is 3. The number of halogens is 6. The predicted molar refractivity (Wildman–Crippen MR) is 121 cm³/mol. The molecule has 0 unspecified atom stereocenters. The van der Waals surface area contributed by atoms with Crippen molar-refractivity contribution in [3.05, 3.63) is 79.8 Å². The van der Waals surface area contributed by atoms with Crippen LogP contribution < -0.4 is 5.32 Å². The predicted octanol–water partition coefficient (Wildman–Crippen LogP) is 7.82. The van der Waals surface area contributed by atoms with Crippen molar-refractivity contribution in [3.8, 4) is 11.3 Å². The molecule has 0 saturated carbocycles. The monoisotopic (exact) mass is 516 g/mol. The van der Waals surface area contributed by atoms with E-state index in [1.165, 1.54) is 6.08 Å². The molecule has 4 nitrogen and oxygen atoms in total. The third-order valence-corrected chi connectivity index (χ3v) is 6.12. The number of aliphatic imine (C=N–C) groups is 1. The van der Waals surface area contributed by atoms with Gasteiger partial charge in [-0.05, 0) is 54.2 Å². The van der Waals surface area contributed by atoms with Gasteiger partial charge in [0.25, 0.3) is 5.91 Å². The average Bonchev–Trinajstić information content (AvgIpc) is 3.29. The summed E-state index contributed by atoms with van der Waals surface area (Å²) in [4.78, 5) is 16.6. The maximum atomic E-state index is 13.0. The van der Waals surface area contributed by atoms with Crippen LogP contribution in [0, 0.1) is 0 Å². The Morgan fingerprint density at radius 1 is 1.00 bits per heavy atom. The Kier molecular flexibility index (Phi) is 6.31. The molecule has 0 atom stereocenters. The van der Waals surface area contributed by atoms with E-state index in [-0.39, 0.29) is 20.8 Å². The van der Waals surface area contributed by atoms with Gasteiger partial charge in [0.05, 0.1) is 36.8 Å². The first kappa shape index (κ1) is 22.8. The lowest BCUT2D eigenvalue weighted by Gasteiger charge is -2.08. The Morgan fingerprint density at radius 3 is 2.41 bits per heavy atom. The normalized spacial score (nSPS) is 16.8. The van der Waals surface area contributed by atoms with Crippen LogP contribution in [0.3, 0.4) is 0 Å². The van der Waals surface area contributed by atoms with Gasteiger partial charge in [-0.25, -0.2) is 4.99 Å². The molecule has 164 valence electrons. The number of carbonyl (C=O) groups excluding carboxylic acids is 1. The van der Waals surface area contributed by atoms with Gasteiger partial charge in [-0.15, -0.1) is 0 Å². The smallest absolute Gasteiger partial charge is 0.416 e. The van der Waals surface area contributed by atoms with Crippen molar-refractivity contribution in [1.29, 1.82) is 0 Å². The molecule has 4 rings (SSSR count). The summed E-state index contributed by atoms with van der Waals surface area (Å²) in [6, 6.07) is 11.1. The number of hydrogen-bond acceptors (Lipinski definition) is 4. The summed E-state index contributed by atoms with van der Waals surface area (Å²) in [6.07, 6.45) is -3.07. The molecule has 2 aromatic carbocycles. The second-order valence-corrected chi connectivity index (χ2v) is 8.70. The molecule has 2 heterocycles. The zero-order valence-corrected chi connectivity index (χ0v) is 18.7. The number of nitrogens with zero attached hydrogens (tertiary/aromatic N) is 1. The molecule has 0 aliphatic carbocycles. The first-order valence-corrected chi connectivity index (χ1v) is 10.8. The van der Waals surface area contributed by atoms with Crippen LogP contribution in [0.4, 0.5) is 18.9 Å². The van der Waals surface area contributed by atoms with E-state index in [4.69, 9.17) is 39.2 Å². The Hall–Kier alpha value is -2.39. The molecular weight excluding hydrogens is 508 g/mol. The van der Waals surface area contributed by atoms with Gasteiger partial charge in [0, 0.05) is 6.08 Å². The first-order valence-electron chi connectivity index (χ1n) is 8.82. The molecule has 32 heavy (non-hydrogen) atoms. The lowest BCUT2D eigenvalue weighted by atomic mass is 10.2. The van der Waals surface area contributed by atoms with Crippen molar-refractivity contribution >= 4 is 69.4 Å². The van der Waals surface area contributed by atoms with Crippen molar-refractivity contribution < 1.29 is 22.4 Å². The van der Waals surface area contributed by atoms with Crippen LogP contribution in [0.1, 0.15) is 11.3 Å². The number of benzene rings is 2. The van der Waals surface area contributed by atoms with Crippen LogP contribution >= 0.6 is 46.6 Å². The van der Waals surface area contributed by atoms with Gasteiger partial charge in [0.2, 0.25) is 0 Å². The Balaban J connectivity index is 1.60. The SMILES string of the molecule is O=C1NC(=Nc2cc(C(F)(F)F)ccc2Cl)S/C1=C/c1ccc(-c2c(Cl)cccc2Cl)o1. The van der Waals surface area contributed by atoms with Crippen molar-refractivity contribution in [2.75, 3.05) is 0 Å². The Morgan fingerprint density at radius 2 is 1.72 bits per heavy atom. The van der Waals surface area contributed by atoms with Gasteiger partial charge in [0.15, 0.2) is 5.17 Å². The minimum atomic E-state index is -4.54. The van der Waals surface area contributed by atoms with Gasteiger partial charge in [0.1, 0.15) is 11.5 Å². The lowest BCUT2D eigenvalue weighted by molar-refractivity contribution is -0.137. The van der Waals surface area contributed by atoms with Crippen molar-refractivity contribution in [3.63, 3.8) is 0 Å². The van der Waals surface area contributed by atoms with Crippen molar-refractivity contribution in [2.24, 2.45) is 4.99 Å². The maximum absolute atomic E-state index is 13.0. The zero-order chi connectivity index (χ0) is 23.0. The standard InChI is InChI=1S/C21H10Cl3F3N2O2S/c22-12-6-4-10(21(25,26)27)8-15(12)28-20-29-19(30)17(32-20)9-11-5-7-16(31-11)18-13(23)2-1-3-14(18)24/h1-9H,(H,28,29,30)/b17-9+. The van der Waals surface area contributed by atoms with Crippen LogP contribution in [0.5, 0.6) is 0 Å². The molecule has 1 saturated heterocycles. The fourth-order valence-corrected chi connectivity index (χ4v) is 4.35. The lowest BCUT2D eigenvalue weighted by Crippen LogP contribution is -2.19. The molecular formula is C21H10Cl3F3N2O2S. The van der Waals surface area contributed by atoms with Gasteiger partial charge >= 0.3 is 6.18 Å². The van der Waals surface area contributed by atoms with E-state index in [0.29, 0.717) is 27.1 Å². The molecule has 0 spiro atoms. The Bertz CT molecular complexity index is 1270. The fourth-order valence-electron chi connectivity index (χ4n) is 2.79. The molecule has 0 bridgehead atoms. The quantitative estimate of drug-likeness (QED) is 0.360. The van der Waals surface area contributed by atoms with Crippen LogP contribution in [-0.2, 0) is 11.0 Å². The summed E-state index contributed by atoms with van der Waals surface area (Å²) < 4.78 is 44.6. The van der Waals surface area contributed by atoms with E-state index in [1.807, 2.05) is 0 Å². The van der Waals surface area contributed by atoms with Crippen molar-refractivity contribution in [1.82, 2.24) is 5.32 Å². The fraction of sp³-hybridized carbons (Fsp3) is 0.0476. The Labute approximate surface area is 199 Å². The summed E-state index contributed by atoms with van der Waals surface area (Å²) in [5.41, 5.74) is -0.489. The van der Waals surface area contributed by atoms with Gasteiger partial charge in [-0.3, -0.25) is 4.79 Å². The number of amidine groups is 1. The molecule has 1 aromatic heterocycles. The number of alkyl halides is 3. The molecule has 1 fully saturated rings. The van der Waals surface area contributed by atoms with Crippen LogP contribution in [0.15, 0.2) is 62.8 Å². The minimum Gasteiger partial charge on any atom is -0.457 e. The van der Waals surface area contributed by atoms with E-state index < -0.39 is 17.6 Å². The first-order chi connectivity index (χ1) is 15.1. The summed E-state index contributed by atoms with van der Waals surface area (Å²) in [6.45, 7) is 0. The molecule has 1 amide bonds. The molecule has 1 aliphatic rings. The highest BCUT2D eigenvalue weighted by atomic mass is 35.5. The number of thioether (sulfide) groups is 1. The minimum absolute atomic E-state index is 0.0186. The molecule has 0 radical (unpaired) electrons. The van der Waals surface area contributed by atoms with E-state index >= 15 is 0 Å². The van der Waals surface area contributed by atoms with E-state index in [2.05, 4.69) is 10.3 Å². The number of nitrogens with one attached hydrogen (secondary N) is 1. The average molecular weight is 518 g/mol. The number of furan rings is 1. The number of hydrogen-bond donors (Lipinski definition) is 1. The second kappa shape index (κ2) is 8.86. The maximum Gasteiger partial charge on any atom is 0.416 e.